The van der Waals surface area contributed by atoms with Crippen LogP contribution < -0.4 is 14.8 Å². The lowest BCUT2D eigenvalue weighted by atomic mass is 10.1. The molecule has 3 rings (SSSR count). The topological polar surface area (TPSA) is 73.9 Å². The Morgan fingerprint density at radius 2 is 1.96 bits per heavy atom. The molecule has 128 valence electrons. The van der Waals surface area contributed by atoms with Crippen molar-refractivity contribution >= 4 is 17.4 Å². The van der Waals surface area contributed by atoms with Gasteiger partial charge in [-0.1, -0.05) is 12.1 Å². The van der Waals surface area contributed by atoms with Crippen LogP contribution in [0.2, 0.25) is 0 Å². The van der Waals surface area contributed by atoms with Gasteiger partial charge in [0, 0.05) is 17.8 Å². The van der Waals surface area contributed by atoms with Crippen LogP contribution in [0.15, 0.2) is 54.7 Å². The molecule has 25 heavy (non-hydrogen) atoms. The van der Waals surface area contributed by atoms with Gasteiger partial charge >= 0.3 is 5.97 Å². The van der Waals surface area contributed by atoms with E-state index in [4.69, 9.17) is 14.2 Å². The van der Waals surface area contributed by atoms with Crippen molar-refractivity contribution in [3.05, 3.63) is 65.9 Å². The van der Waals surface area contributed by atoms with Gasteiger partial charge in [0.2, 0.25) is 6.79 Å². The van der Waals surface area contributed by atoms with Gasteiger partial charge in [0.05, 0.1) is 17.9 Å². The zero-order valence-electron chi connectivity index (χ0n) is 13.7. The molecule has 0 atom stereocenters. The summed E-state index contributed by atoms with van der Waals surface area (Å²) in [6.45, 7) is 2.21. The number of ether oxygens (including phenoxy) is 3. The van der Waals surface area contributed by atoms with Crippen molar-refractivity contribution in [2.45, 2.75) is 6.92 Å². The number of hydrogen-bond acceptors (Lipinski definition) is 6. The highest BCUT2D eigenvalue weighted by atomic mass is 16.7. The van der Waals surface area contributed by atoms with E-state index in [2.05, 4.69) is 5.32 Å². The number of carbonyl (C=O) groups is 2. The van der Waals surface area contributed by atoms with Crippen molar-refractivity contribution in [1.82, 2.24) is 0 Å². The summed E-state index contributed by atoms with van der Waals surface area (Å²) in [4.78, 5) is 24.2. The monoisotopic (exact) mass is 339 g/mol. The second-order valence-electron chi connectivity index (χ2n) is 5.18. The Hall–Kier alpha value is -3.28. The number of esters is 1. The first-order valence-electron chi connectivity index (χ1n) is 7.82. The third kappa shape index (κ3) is 3.80. The van der Waals surface area contributed by atoms with Crippen LogP contribution in [-0.4, -0.2) is 25.2 Å². The quantitative estimate of drug-likeness (QED) is 0.494. The van der Waals surface area contributed by atoms with Crippen LogP contribution in [-0.2, 0) is 4.74 Å². The molecular weight excluding hydrogens is 322 g/mol. The number of anilines is 1. The molecule has 0 radical (unpaired) electrons. The molecule has 1 N–H and O–H groups in total. The summed E-state index contributed by atoms with van der Waals surface area (Å²) in [5.41, 5.74) is 1.46. The van der Waals surface area contributed by atoms with Crippen molar-refractivity contribution in [2.75, 3.05) is 18.7 Å². The lowest BCUT2D eigenvalue weighted by Gasteiger charge is -2.08. The third-order valence-electron chi connectivity index (χ3n) is 3.55. The van der Waals surface area contributed by atoms with Crippen LogP contribution in [0, 0.1) is 0 Å². The maximum absolute atomic E-state index is 12.2. The molecule has 1 heterocycles. The molecule has 2 aromatic rings. The van der Waals surface area contributed by atoms with Crippen LogP contribution in [0.25, 0.3) is 0 Å². The number of benzene rings is 2. The summed E-state index contributed by atoms with van der Waals surface area (Å²) < 4.78 is 15.5. The van der Waals surface area contributed by atoms with E-state index in [1.807, 2.05) is 0 Å². The Morgan fingerprint density at radius 3 is 2.80 bits per heavy atom. The predicted octanol–water partition coefficient (Wildman–Crippen LogP) is 3.40. The maximum Gasteiger partial charge on any atom is 0.340 e. The number of fused-ring (bicyclic) bond motifs is 1. The first-order valence-corrected chi connectivity index (χ1v) is 7.82. The minimum Gasteiger partial charge on any atom is -0.462 e. The summed E-state index contributed by atoms with van der Waals surface area (Å²) in [5, 5.41) is 2.95. The maximum atomic E-state index is 12.2. The summed E-state index contributed by atoms with van der Waals surface area (Å²) in [7, 11) is 0. The fourth-order valence-corrected chi connectivity index (χ4v) is 2.35. The molecular formula is C19H17NO5. The van der Waals surface area contributed by atoms with Gasteiger partial charge in [-0.2, -0.15) is 0 Å². The summed E-state index contributed by atoms with van der Waals surface area (Å²) in [5.74, 6) is 0.572. The standard InChI is InChI=1S/C19H17NO5/c1-2-23-19(22)14-5-3-4-6-15(14)20-10-9-16(21)13-7-8-17-18(11-13)25-12-24-17/h3-11,20H,2,12H2,1H3/b10-9+. The second-order valence-corrected chi connectivity index (χ2v) is 5.18. The molecule has 0 aliphatic carbocycles. The van der Waals surface area contributed by atoms with E-state index in [1.165, 1.54) is 12.3 Å². The van der Waals surface area contributed by atoms with Crippen LogP contribution in [0.3, 0.4) is 0 Å². The fraction of sp³-hybridized carbons (Fsp3) is 0.158. The van der Waals surface area contributed by atoms with E-state index >= 15 is 0 Å². The lowest BCUT2D eigenvalue weighted by molar-refractivity contribution is 0.0527. The minimum atomic E-state index is -0.416. The van der Waals surface area contributed by atoms with E-state index in [0.717, 1.165) is 0 Å². The number of ketones is 1. The number of hydrogen-bond donors (Lipinski definition) is 1. The van der Waals surface area contributed by atoms with Gasteiger partial charge in [0.1, 0.15) is 0 Å². The van der Waals surface area contributed by atoms with Gasteiger partial charge < -0.3 is 19.5 Å². The highest BCUT2D eigenvalue weighted by Gasteiger charge is 2.15. The molecule has 0 amide bonds. The smallest absolute Gasteiger partial charge is 0.340 e. The zero-order valence-corrected chi connectivity index (χ0v) is 13.7. The number of nitrogens with one attached hydrogen (secondary N) is 1. The Morgan fingerprint density at radius 1 is 1.16 bits per heavy atom. The largest absolute Gasteiger partial charge is 0.462 e. The first-order chi connectivity index (χ1) is 12.2. The molecule has 0 fully saturated rings. The highest BCUT2D eigenvalue weighted by Crippen LogP contribution is 2.32. The predicted molar refractivity (Wildman–Crippen MR) is 92.1 cm³/mol. The lowest BCUT2D eigenvalue weighted by Crippen LogP contribution is -2.07. The molecule has 0 spiro atoms. The van der Waals surface area contributed by atoms with Crippen LogP contribution in [0.5, 0.6) is 11.5 Å². The van der Waals surface area contributed by atoms with Gasteiger partial charge in [-0.05, 0) is 37.3 Å². The molecule has 0 aromatic heterocycles. The number of para-hydroxylation sites is 1. The molecule has 1 aliphatic heterocycles. The molecule has 2 aromatic carbocycles. The zero-order chi connectivity index (χ0) is 17.6. The molecule has 0 saturated heterocycles. The van der Waals surface area contributed by atoms with Gasteiger partial charge in [-0.15, -0.1) is 0 Å². The Labute approximate surface area is 145 Å². The van der Waals surface area contributed by atoms with E-state index in [0.29, 0.717) is 34.9 Å². The fourth-order valence-electron chi connectivity index (χ4n) is 2.35. The number of allylic oxidation sites excluding steroid dienone is 1. The Kier molecular flexibility index (Phi) is 4.99. The molecule has 1 aliphatic rings. The number of carbonyl (C=O) groups excluding carboxylic acids is 2. The summed E-state index contributed by atoms with van der Waals surface area (Å²) in [6.07, 6.45) is 2.88. The van der Waals surface area contributed by atoms with Crippen LogP contribution in [0.1, 0.15) is 27.6 Å². The van der Waals surface area contributed by atoms with Crippen molar-refractivity contribution in [1.29, 1.82) is 0 Å². The Balaban J connectivity index is 1.69. The highest BCUT2D eigenvalue weighted by molar-refractivity contribution is 6.05. The molecule has 0 bridgehead atoms. The van der Waals surface area contributed by atoms with Gasteiger partial charge in [-0.25, -0.2) is 4.79 Å². The van der Waals surface area contributed by atoms with Gasteiger partial charge in [0.15, 0.2) is 17.3 Å². The molecule has 6 heteroatoms. The summed E-state index contributed by atoms with van der Waals surface area (Å²) >= 11 is 0. The Bertz CT molecular complexity index is 828. The van der Waals surface area contributed by atoms with E-state index in [-0.39, 0.29) is 12.6 Å². The third-order valence-corrected chi connectivity index (χ3v) is 3.55. The van der Waals surface area contributed by atoms with Crippen LogP contribution in [0.4, 0.5) is 5.69 Å². The average Bonchev–Trinajstić information content (AvgIpc) is 3.10. The van der Waals surface area contributed by atoms with Crippen LogP contribution >= 0.6 is 0 Å². The van der Waals surface area contributed by atoms with Gasteiger partial charge in [-0.3, -0.25) is 4.79 Å². The van der Waals surface area contributed by atoms with E-state index in [9.17, 15) is 9.59 Å². The second kappa shape index (κ2) is 7.53. The molecule has 6 nitrogen and oxygen atoms in total. The average molecular weight is 339 g/mol. The van der Waals surface area contributed by atoms with Crippen molar-refractivity contribution < 1.29 is 23.8 Å². The SMILES string of the molecule is CCOC(=O)c1ccccc1N/C=C/C(=O)c1ccc2c(c1)OCO2. The summed E-state index contributed by atoms with van der Waals surface area (Å²) in [6, 6.07) is 12.0. The van der Waals surface area contributed by atoms with E-state index < -0.39 is 5.97 Å². The normalized spacial score (nSPS) is 12.2. The molecule has 0 saturated carbocycles. The van der Waals surface area contributed by atoms with Crippen molar-refractivity contribution in [3.63, 3.8) is 0 Å². The minimum absolute atomic E-state index is 0.162. The first kappa shape index (κ1) is 16.6. The van der Waals surface area contributed by atoms with Gasteiger partial charge in [0.25, 0.3) is 0 Å². The number of rotatable bonds is 6. The van der Waals surface area contributed by atoms with Crippen molar-refractivity contribution in [3.8, 4) is 11.5 Å². The molecule has 0 unspecified atom stereocenters. The van der Waals surface area contributed by atoms with Crippen molar-refractivity contribution in [2.24, 2.45) is 0 Å². The van der Waals surface area contributed by atoms with E-state index in [1.54, 1.807) is 49.4 Å².